The summed E-state index contributed by atoms with van der Waals surface area (Å²) in [5.41, 5.74) is 0.485. The standard InChI is InChI=1S/C14H23N5O/c1-11(2)10-19-12(9-15-3)13(20)17(4)14(16-19)18-7-5-6-8-18/h9,11H,3,5-8,10H2,1-2,4H3/b12-9-. The second-order valence-electron chi connectivity index (χ2n) is 5.63. The lowest BCUT2D eigenvalue weighted by Gasteiger charge is -2.36. The van der Waals surface area contributed by atoms with Crippen LogP contribution in [0, 0.1) is 5.92 Å². The van der Waals surface area contributed by atoms with E-state index in [1.165, 1.54) is 6.20 Å². The number of likely N-dealkylation sites (tertiary alicyclic amines) is 1. The molecule has 2 aliphatic heterocycles. The zero-order chi connectivity index (χ0) is 14.7. The summed E-state index contributed by atoms with van der Waals surface area (Å²) in [7, 11) is 1.77. The topological polar surface area (TPSA) is 51.5 Å². The van der Waals surface area contributed by atoms with Crippen molar-refractivity contribution in [1.82, 2.24) is 14.8 Å². The Morgan fingerprint density at radius 1 is 1.40 bits per heavy atom. The summed E-state index contributed by atoms with van der Waals surface area (Å²) in [5, 5.41) is 6.42. The summed E-state index contributed by atoms with van der Waals surface area (Å²) >= 11 is 0. The first-order valence-electron chi connectivity index (χ1n) is 7.09. The van der Waals surface area contributed by atoms with Gasteiger partial charge in [-0.2, -0.15) is 0 Å². The van der Waals surface area contributed by atoms with Gasteiger partial charge in [-0.1, -0.05) is 13.8 Å². The molecule has 2 aliphatic rings. The average Bonchev–Trinajstić information content (AvgIpc) is 2.91. The summed E-state index contributed by atoms with van der Waals surface area (Å²) in [6.45, 7) is 10.3. The van der Waals surface area contributed by atoms with Crippen LogP contribution in [0.4, 0.5) is 0 Å². The van der Waals surface area contributed by atoms with Gasteiger partial charge in [-0.05, 0) is 25.5 Å². The number of nitrogens with zero attached hydrogens (tertiary/aromatic N) is 5. The Morgan fingerprint density at radius 2 is 2.05 bits per heavy atom. The fourth-order valence-electron chi connectivity index (χ4n) is 2.49. The highest BCUT2D eigenvalue weighted by atomic mass is 16.2. The first-order valence-corrected chi connectivity index (χ1v) is 7.09. The minimum absolute atomic E-state index is 0.0741. The van der Waals surface area contributed by atoms with Crippen LogP contribution in [0.25, 0.3) is 0 Å². The van der Waals surface area contributed by atoms with Crippen LogP contribution in [0.5, 0.6) is 0 Å². The molecule has 0 radical (unpaired) electrons. The van der Waals surface area contributed by atoms with Crippen molar-refractivity contribution in [3.05, 3.63) is 11.9 Å². The molecule has 0 aromatic carbocycles. The van der Waals surface area contributed by atoms with Crippen molar-refractivity contribution < 1.29 is 4.79 Å². The molecule has 6 heteroatoms. The number of hydrazone groups is 1. The molecule has 0 bridgehead atoms. The molecule has 20 heavy (non-hydrogen) atoms. The molecule has 110 valence electrons. The van der Waals surface area contributed by atoms with Gasteiger partial charge in [0.15, 0.2) is 0 Å². The third-order valence-corrected chi connectivity index (χ3v) is 3.45. The summed E-state index contributed by atoms with van der Waals surface area (Å²) in [4.78, 5) is 20.0. The Balaban J connectivity index is 2.34. The van der Waals surface area contributed by atoms with Gasteiger partial charge >= 0.3 is 0 Å². The molecule has 0 saturated carbocycles. The van der Waals surface area contributed by atoms with Crippen molar-refractivity contribution >= 4 is 18.6 Å². The number of aliphatic imine (C=N–C) groups is 1. The number of carbonyl (C=O) groups is 1. The van der Waals surface area contributed by atoms with Crippen LogP contribution in [-0.4, -0.2) is 60.1 Å². The zero-order valence-electron chi connectivity index (χ0n) is 12.5. The van der Waals surface area contributed by atoms with Gasteiger partial charge < -0.3 is 4.90 Å². The summed E-state index contributed by atoms with van der Waals surface area (Å²) in [5.74, 6) is 1.08. The Morgan fingerprint density at radius 3 is 2.60 bits per heavy atom. The minimum atomic E-state index is -0.0741. The van der Waals surface area contributed by atoms with Crippen molar-refractivity contribution in [3.8, 4) is 0 Å². The van der Waals surface area contributed by atoms with Gasteiger partial charge in [-0.15, -0.1) is 5.10 Å². The van der Waals surface area contributed by atoms with Crippen molar-refractivity contribution in [3.63, 3.8) is 0 Å². The molecule has 1 amide bonds. The van der Waals surface area contributed by atoms with Crippen LogP contribution in [0.2, 0.25) is 0 Å². The van der Waals surface area contributed by atoms with Crippen LogP contribution < -0.4 is 0 Å². The number of hydrogen-bond acceptors (Lipinski definition) is 5. The number of amides is 1. The van der Waals surface area contributed by atoms with Gasteiger partial charge in [-0.3, -0.25) is 19.7 Å². The Bertz CT molecular complexity index is 448. The highest BCUT2D eigenvalue weighted by Gasteiger charge is 2.33. The highest BCUT2D eigenvalue weighted by molar-refractivity contribution is 6.06. The maximum Gasteiger partial charge on any atom is 0.280 e. The number of likely N-dealkylation sites (N-methyl/N-ethyl adjacent to an activating group) is 1. The second-order valence-corrected chi connectivity index (χ2v) is 5.63. The zero-order valence-corrected chi connectivity index (χ0v) is 12.5. The molecule has 6 nitrogen and oxygen atoms in total. The third-order valence-electron chi connectivity index (χ3n) is 3.45. The molecule has 0 N–H and O–H groups in total. The maximum absolute atomic E-state index is 12.5. The smallest absolute Gasteiger partial charge is 0.280 e. The average molecular weight is 277 g/mol. The molecule has 0 unspecified atom stereocenters. The summed E-state index contributed by atoms with van der Waals surface area (Å²) in [6, 6.07) is 0. The van der Waals surface area contributed by atoms with E-state index in [9.17, 15) is 4.79 Å². The second kappa shape index (κ2) is 6.07. The highest BCUT2D eigenvalue weighted by Crippen LogP contribution is 2.21. The van der Waals surface area contributed by atoms with Crippen LogP contribution in [0.3, 0.4) is 0 Å². The lowest BCUT2D eigenvalue weighted by Crippen LogP contribution is -2.51. The molecule has 1 fully saturated rings. The van der Waals surface area contributed by atoms with E-state index in [-0.39, 0.29) is 5.91 Å². The van der Waals surface area contributed by atoms with Gasteiger partial charge in [0, 0.05) is 26.7 Å². The van der Waals surface area contributed by atoms with Gasteiger partial charge in [0.25, 0.3) is 5.91 Å². The molecular weight excluding hydrogens is 254 g/mol. The fourth-order valence-corrected chi connectivity index (χ4v) is 2.49. The predicted molar refractivity (Wildman–Crippen MR) is 80.2 cm³/mol. The Kier molecular flexibility index (Phi) is 4.42. The van der Waals surface area contributed by atoms with Crippen molar-refractivity contribution in [2.45, 2.75) is 26.7 Å². The Hall–Kier alpha value is -1.85. The van der Waals surface area contributed by atoms with E-state index in [1.807, 2.05) is 0 Å². The van der Waals surface area contributed by atoms with E-state index in [2.05, 4.69) is 35.6 Å². The van der Waals surface area contributed by atoms with Crippen LogP contribution in [-0.2, 0) is 4.79 Å². The molecule has 1 saturated heterocycles. The largest absolute Gasteiger partial charge is 0.341 e. The van der Waals surface area contributed by atoms with E-state index >= 15 is 0 Å². The van der Waals surface area contributed by atoms with Crippen molar-refractivity contribution in [1.29, 1.82) is 0 Å². The monoisotopic (exact) mass is 277 g/mol. The quantitative estimate of drug-likeness (QED) is 0.577. The third kappa shape index (κ3) is 2.84. The molecule has 0 aliphatic carbocycles. The van der Waals surface area contributed by atoms with Crippen LogP contribution in [0.15, 0.2) is 22.0 Å². The molecular formula is C14H23N5O. The molecule has 2 heterocycles. The van der Waals surface area contributed by atoms with E-state index in [4.69, 9.17) is 0 Å². The molecule has 0 aromatic heterocycles. The van der Waals surface area contributed by atoms with E-state index in [1.54, 1.807) is 17.0 Å². The molecule has 0 aromatic rings. The Labute approximate surface area is 120 Å². The van der Waals surface area contributed by atoms with E-state index in [0.717, 1.165) is 31.9 Å². The summed E-state index contributed by atoms with van der Waals surface area (Å²) < 4.78 is 0. The summed E-state index contributed by atoms with van der Waals surface area (Å²) in [6.07, 6.45) is 3.80. The predicted octanol–water partition coefficient (Wildman–Crippen LogP) is 1.33. The SMILES string of the molecule is C=N/C=C1/C(=O)N(C)C(N2CCCC2)=NN1CC(C)C. The van der Waals surface area contributed by atoms with Crippen molar-refractivity contribution in [2.75, 3.05) is 26.7 Å². The lowest BCUT2D eigenvalue weighted by atomic mass is 10.2. The van der Waals surface area contributed by atoms with Gasteiger partial charge in [-0.25, -0.2) is 0 Å². The molecule has 2 rings (SSSR count). The minimum Gasteiger partial charge on any atom is -0.341 e. The number of carbonyl (C=O) groups excluding carboxylic acids is 1. The number of rotatable bonds is 3. The van der Waals surface area contributed by atoms with Crippen LogP contribution >= 0.6 is 0 Å². The molecule has 0 atom stereocenters. The van der Waals surface area contributed by atoms with Gasteiger partial charge in [0.1, 0.15) is 5.70 Å². The lowest BCUT2D eigenvalue weighted by molar-refractivity contribution is -0.125. The van der Waals surface area contributed by atoms with Gasteiger partial charge in [0.2, 0.25) is 5.96 Å². The van der Waals surface area contributed by atoms with Gasteiger partial charge in [0.05, 0.1) is 6.20 Å². The van der Waals surface area contributed by atoms with Crippen LogP contribution in [0.1, 0.15) is 26.7 Å². The van der Waals surface area contributed by atoms with E-state index in [0.29, 0.717) is 18.2 Å². The normalized spacial score (nSPS) is 22.0. The first kappa shape index (κ1) is 14.6. The number of guanidine groups is 1. The van der Waals surface area contributed by atoms with Crippen molar-refractivity contribution in [2.24, 2.45) is 16.0 Å². The van der Waals surface area contributed by atoms with E-state index < -0.39 is 0 Å². The number of hydrogen-bond donors (Lipinski definition) is 0. The maximum atomic E-state index is 12.5. The first-order chi connectivity index (χ1) is 9.54. The fraction of sp³-hybridized carbons (Fsp3) is 0.643. The molecule has 0 spiro atoms.